The first-order valence-electron chi connectivity index (χ1n) is 7.39. The molecular weight excluding hydrogens is 264 g/mol. The van der Waals surface area contributed by atoms with E-state index in [9.17, 15) is 0 Å². The van der Waals surface area contributed by atoms with E-state index >= 15 is 0 Å². The highest BCUT2D eigenvalue weighted by Crippen LogP contribution is 2.14. The smallest absolute Gasteiger partial charge is 0.218 e. The normalized spacial score (nSPS) is 10.4. The molecule has 0 saturated heterocycles. The van der Waals surface area contributed by atoms with Gasteiger partial charge in [0.1, 0.15) is 11.6 Å². The van der Waals surface area contributed by atoms with Crippen molar-refractivity contribution in [1.29, 1.82) is 0 Å². The van der Waals surface area contributed by atoms with Gasteiger partial charge in [-0.05, 0) is 37.0 Å². The molecule has 2 aromatic rings. The molecule has 0 atom stereocenters. The van der Waals surface area contributed by atoms with Crippen molar-refractivity contribution < 1.29 is 4.74 Å². The van der Waals surface area contributed by atoms with Gasteiger partial charge in [0, 0.05) is 31.9 Å². The lowest BCUT2D eigenvalue weighted by atomic mass is 10.1. The summed E-state index contributed by atoms with van der Waals surface area (Å²) in [5.74, 6) is 2.28. The summed E-state index contributed by atoms with van der Waals surface area (Å²) in [4.78, 5) is 12.9. The van der Waals surface area contributed by atoms with Crippen LogP contribution in [0.15, 0.2) is 30.6 Å². The fraction of sp³-hybridized carbons (Fsp3) is 0.438. The van der Waals surface area contributed by atoms with Crippen molar-refractivity contribution in [2.45, 2.75) is 32.6 Å². The first-order chi connectivity index (χ1) is 10.3. The number of hydrogen-bond acceptors (Lipinski definition) is 5. The van der Waals surface area contributed by atoms with Gasteiger partial charge in [-0.3, -0.25) is 4.98 Å². The van der Waals surface area contributed by atoms with E-state index in [1.165, 1.54) is 5.56 Å². The van der Waals surface area contributed by atoms with Gasteiger partial charge >= 0.3 is 0 Å². The molecular formula is C16H22N4O. The molecule has 0 radical (unpaired) electrons. The largest absolute Gasteiger partial charge is 0.478 e. The Morgan fingerprint density at radius 2 is 1.95 bits per heavy atom. The van der Waals surface area contributed by atoms with Gasteiger partial charge in [-0.1, -0.05) is 6.92 Å². The van der Waals surface area contributed by atoms with Crippen LogP contribution in [0.3, 0.4) is 0 Å². The van der Waals surface area contributed by atoms with E-state index in [1.54, 1.807) is 0 Å². The molecule has 0 amide bonds. The minimum Gasteiger partial charge on any atom is -0.478 e. The summed E-state index contributed by atoms with van der Waals surface area (Å²) in [7, 11) is 1.85. The van der Waals surface area contributed by atoms with Crippen LogP contribution < -0.4 is 10.1 Å². The number of hydrogen-bond donors (Lipinski definition) is 1. The number of nitrogens with zero attached hydrogens (tertiary/aromatic N) is 3. The van der Waals surface area contributed by atoms with Gasteiger partial charge in [-0.25, -0.2) is 4.98 Å². The Kier molecular flexibility index (Phi) is 5.94. The minimum absolute atomic E-state index is 0.646. The van der Waals surface area contributed by atoms with E-state index in [0.717, 1.165) is 37.3 Å². The van der Waals surface area contributed by atoms with Gasteiger partial charge in [0.2, 0.25) is 5.88 Å². The maximum absolute atomic E-state index is 5.75. The lowest BCUT2D eigenvalue weighted by Crippen LogP contribution is -2.05. The van der Waals surface area contributed by atoms with E-state index < -0.39 is 0 Å². The average molecular weight is 286 g/mol. The molecule has 0 saturated carbocycles. The summed E-state index contributed by atoms with van der Waals surface area (Å²) in [5, 5.41) is 3.04. The van der Waals surface area contributed by atoms with Crippen LogP contribution in [0.25, 0.3) is 0 Å². The molecule has 1 N–H and O–H groups in total. The van der Waals surface area contributed by atoms with Crippen LogP contribution in [0, 0.1) is 0 Å². The lowest BCUT2D eigenvalue weighted by molar-refractivity contribution is 0.298. The molecule has 0 unspecified atom stereocenters. The second-order valence-electron chi connectivity index (χ2n) is 4.82. The van der Waals surface area contributed by atoms with Crippen molar-refractivity contribution >= 4 is 5.82 Å². The minimum atomic E-state index is 0.646. The predicted molar refractivity (Wildman–Crippen MR) is 83.6 cm³/mol. The number of ether oxygens (including phenoxy) is 1. The van der Waals surface area contributed by atoms with Crippen LogP contribution in [0.5, 0.6) is 5.88 Å². The second-order valence-corrected chi connectivity index (χ2v) is 4.82. The molecule has 2 heterocycles. The lowest BCUT2D eigenvalue weighted by Gasteiger charge is -2.09. The van der Waals surface area contributed by atoms with E-state index in [1.807, 2.05) is 37.6 Å². The Balaban J connectivity index is 1.86. The average Bonchev–Trinajstić information content (AvgIpc) is 2.53. The monoisotopic (exact) mass is 286 g/mol. The maximum Gasteiger partial charge on any atom is 0.218 e. The van der Waals surface area contributed by atoms with Crippen LogP contribution in [0.1, 0.15) is 31.2 Å². The zero-order chi connectivity index (χ0) is 14.9. The first-order valence-corrected chi connectivity index (χ1v) is 7.39. The topological polar surface area (TPSA) is 59.9 Å². The molecule has 5 nitrogen and oxygen atoms in total. The fourth-order valence-electron chi connectivity index (χ4n) is 2.01. The summed E-state index contributed by atoms with van der Waals surface area (Å²) >= 11 is 0. The van der Waals surface area contributed by atoms with Crippen LogP contribution in [0.4, 0.5) is 5.82 Å². The Morgan fingerprint density at radius 3 is 2.67 bits per heavy atom. The fourth-order valence-corrected chi connectivity index (χ4v) is 2.01. The van der Waals surface area contributed by atoms with E-state index in [-0.39, 0.29) is 0 Å². The molecule has 112 valence electrons. The van der Waals surface area contributed by atoms with Gasteiger partial charge in [-0.2, -0.15) is 4.98 Å². The number of rotatable bonds is 8. The zero-order valence-corrected chi connectivity index (χ0v) is 12.7. The van der Waals surface area contributed by atoms with Crippen LogP contribution >= 0.6 is 0 Å². The summed E-state index contributed by atoms with van der Waals surface area (Å²) in [5.41, 5.74) is 1.28. The molecule has 2 rings (SSSR count). The molecule has 5 heteroatoms. The third kappa shape index (κ3) is 5.02. The quantitative estimate of drug-likeness (QED) is 0.756. The molecule has 0 fully saturated rings. The van der Waals surface area contributed by atoms with Gasteiger partial charge in [0.05, 0.1) is 6.61 Å². The third-order valence-corrected chi connectivity index (χ3v) is 3.09. The van der Waals surface area contributed by atoms with Gasteiger partial charge in [-0.15, -0.1) is 0 Å². The first kappa shape index (κ1) is 15.2. The molecule has 21 heavy (non-hydrogen) atoms. The van der Waals surface area contributed by atoms with E-state index in [2.05, 4.69) is 27.2 Å². The Labute approximate surface area is 125 Å². The van der Waals surface area contributed by atoms with E-state index in [0.29, 0.717) is 12.5 Å². The summed E-state index contributed by atoms with van der Waals surface area (Å²) in [6, 6.07) is 5.90. The van der Waals surface area contributed by atoms with Crippen molar-refractivity contribution in [3.8, 4) is 5.88 Å². The highest BCUT2D eigenvalue weighted by atomic mass is 16.5. The summed E-state index contributed by atoms with van der Waals surface area (Å²) in [6.07, 6.45) is 7.45. The standard InChI is InChI=1S/C16H22N4O/c1-3-5-14-19-15(17-2)12-16(20-14)21-11-4-6-13-7-9-18-10-8-13/h7-10,12H,3-6,11H2,1-2H3,(H,17,19,20). The Hall–Kier alpha value is -2.17. The highest BCUT2D eigenvalue weighted by Gasteiger charge is 2.04. The Bertz CT molecular complexity index is 545. The molecule has 2 aromatic heterocycles. The van der Waals surface area contributed by atoms with Gasteiger partial charge in [0.25, 0.3) is 0 Å². The third-order valence-electron chi connectivity index (χ3n) is 3.09. The number of aromatic nitrogens is 3. The van der Waals surface area contributed by atoms with Crippen LogP contribution in [0.2, 0.25) is 0 Å². The molecule has 0 aliphatic heterocycles. The molecule has 0 aromatic carbocycles. The number of anilines is 1. The zero-order valence-electron chi connectivity index (χ0n) is 12.7. The number of nitrogens with one attached hydrogen (secondary N) is 1. The van der Waals surface area contributed by atoms with Crippen molar-refractivity contribution in [3.63, 3.8) is 0 Å². The van der Waals surface area contributed by atoms with Crippen molar-refractivity contribution in [1.82, 2.24) is 15.0 Å². The van der Waals surface area contributed by atoms with Crippen molar-refractivity contribution in [3.05, 3.63) is 42.0 Å². The predicted octanol–water partition coefficient (Wildman–Crippen LogP) is 2.88. The van der Waals surface area contributed by atoms with Crippen molar-refractivity contribution in [2.75, 3.05) is 19.0 Å². The molecule has 0 spiro atoms. The molecule has 0 aliphatic carbocycles. The number of aryl methyl sites for hydroxylation is 2. The highest BCUT2D eigenvalue weighted by molar-refractivity contribution is 5.37. The van der Waals surface area contributed by atoms with Crippen molar-refractivity contribution in [2.24, 2.45) is 0 Å². The van der Waals surface area contributed by atoms with E-state index in [4.69, 9.17) is 4.74 Å². The van der Waals surface area contributed by atoms with Gasteiger partial charge < -0.3 is 10.1 Å². The Morgan fingerprint density at radius 1 is 1.14 bits per heavy atom. The summed E-state index contributed by atoms with van der Waals surface area (Å²) < 4.78 is 5.75. The second kappa shape index (κ2) is 8.19. The SMILES string of the molecule is CCCc1nc(NC)cc(OCCCc2ccncc2)n1. The molecule has 0 aliphatic rings. The number of pyridine rings is 1. The van der Waals surface area contributed by atoms with Crippen LogP contribution in [-0.4, -0.2) is 28.6 Å². The maximum atomic E-state index is 5.75. The van der Waals surface area contributed by atoms with Gasteiger partial charge in [0.15, 0.2) is 0 Å². The van der Waals surface area contributed by atoms with Crippen LogP contribution in [-0.2, 0) is 12.8 Å². The molecule has 0 bridgehead atoms. The summed E-state index contributed by atoms with van der Waals surface area (Å²) in [6.45, 7) is 2.76.